The smallest absolute Gasteiger partial charge is 0.280 e. The Balaban J connectivity index is 1.96. The average molecular weight is 451 g/mol. The molecule has 2 heterocycles. The van der Waals surface area contributed by atoms with Gasteiger partial charge in [0.1, 0.15) is 5.56 Å². The molecule has 1 N–H and O–H groups in total. The third-order valence-electron chi connectivity index (χ3n) is 4.70. The number of aryl methyl sites for hydroxylation is 1. The molecule has 1 amide bonds. The van der Waals surface area contributed by atoms with Gasteiger partial charge in [-0.05, 0) is 12.5 Å². The first-order chi connectivity index (χ1) is 15.1. The lowest BCUT2D eigenvalue weighted by Crippen LogP contribution is -2.32. The first kappa shape index (κ1) is 21.0. The number of hydrogen-bond acceptors (Lipinski definition) is 5. The van der Waals surface area contributed by atoms with Gasteiger partial charge in [-0.2, -0.15) is 5.10 Å². The second-order valence-electron chi connectivity index (χ2n) is 6.68. The van der Waals surface area contributed by atoms with Gasteiger partial charge in [0.25, 0.3) is 11.5 Å². The fourth-order valence-electron chi connectivity index (χ4n) is 3.26. The zero-order valence-corrected chi connectivity index (χ0v) is 18.3. The Bertz CT molecular complexity index is 1270. The molecule has 0 bridgehead atoms. The molecule has 0 aliphatic rings. The van der Waals surface area contributed by atoms with Crippen molar-refractivity contribution in [3.8, 4) is 22.4 Å². The summed E-state index contributed by atoms with van der Waals surface area (Å²) in [7, 11) is 0. The van der Waals surface area contributed by atoms with Crippen LogP contribution in [0, 0.1) is 0 Å². The molecule has 2 aromatic carbocycles. The van der Waals surface area contributed by atoms with Gasteiger partial charge in [0.15, 0.2) is 5.13 Å². The number of halogens is 1. The van der Waals surface area contributed by atoms with Crippen molar-refractivity contribution in [2.45, 2.75) is 19.3 Å². The first-order valence-corrected chi connectivity index (χ1v) is 11.1. The maximum Gasteiger partial charge on any atom is 0.280 e. The van der Waals surface area contributed by atoms with Crippen LogP contribution in [-0.2, 0) is 12.4 Å². The van der Waals surface area contributed by atoms with Crippen LogP contribution in [0.2, 0.25) is 0 Å². The summed E-state index contributed by atoms with van der Waals surface area (Å²) in [5, 5.41) is 9.52. The van der Waals surface area contributed by atoms with Gasteiger partial charge >= 0.3 is 0 Å². The third-order valence-corrected chi connectivity index (χ3v) is 5.78. The minimum absolute atomic E-state index is 0.0320. The number of nitrogens with one attached hydrogen (secondary N) is 1. The predicted octanol–water partition coefficient (Wildman–Crippen LogP) is 5.04. The third kappa shape index (κ3) is 4.28. The van der Waals surface area contributed by atoms with Gasteiger partial charge in [-0.15, -0.1) is 22.9 Å². The molecule has 0 spiro atoms. The highest BCUT2D eigenvalue weighted by Gasteiger charge is 2.25. The van der Waals surface area contributed by atoms with Crippen molar-refractivity contribution in [1.82, 2.24) is 14.8 Å². The summed E-state index contributed by atoms with van der Waals surface area (Å²) >= 11 is 7.09. The number of rotatable bonds is 6. The highest BCUT2D eigenvalue weighted by atomic mass is 35.5. The second kappa shape index (κ2) is 9.24. The normalized spacial score (nSPS) is 10.8. The van der Waals surface area contributed by atoms with E-state index in [0.29, 0.717) is 28.6 Å². The minimum atomic E-state index is -0.527. The average Bonchev–Trinajstić information content (AvgIpc) is 3.27. The number of carbonyl (C=O) groups is 1. The standard InChI is InChI=1S/C23H19ClN4O2S/c1-2-28-22(30)19(21(29)26-23-25-17(13-24)14-31-23)18(15-9-5-3-6-10-15)20(27-28)16-11-7-4-8-12-16/h3-12,14H,2,13H2,1H3,(H,25,26,29). The Morgan fingerprint density at radius 2 is 1.71 bits per heavy atom. The number of carbonyl (C=O) groups excluding carboxylic acids is 1. The van der Waals surface area contributed by atoms with Crippen LogP contribution in [0.4, 0.5) is 5.13 Å². The Morgan fingerprint density at radius 3 is 2.29 bits per heavy atom. The van der Waals surface area contributed by atoms with E-state index in [1.807, 2.05) is 67.6 Å². The van der Waals surface area contributed by atoms with Crippen LogP contribution in [0.1, 0.15) is 23.0 Å². The summed E-state index contributed by atoms with van der Waals surface area (Å²) in [4.78, 5) is 30.9. The summed E-state index contributed by atoms with van der Waals surface area (Å²) in [5.74, 6) is -0.279. The van der Waals surface area contributed by atoms with E-state index < -0.39 is 11.5 Å². The Kier molecular flexibility index (Phi) is 6.25. The molecule has 0 aliphatic heterocycles. The van der Waals surface area contributed by atoms with Gasteiger partial charge in [-0.25, -0.2) is 9.67 Å². The molecule has 0 saturated heterocycles. The number of alkyl halides is 1. The number of anilines is 1. The highest BCUT2D eigenvalue weighted by molar-refractivity contribution is 7.14. The van der Waals surface area contributed by atoms with Crippen LogP contribution < -0.4 is 10.9 Å². The Hall–Kier alpha value is -3.29. The molecule has 0 saturated carbocycles. The van der Waals surface area contributed by atoms with Crippen molar-refractivity contribution in [2.24, 2.45) is 0 Å². The fourth-order valence-corrected chi connectivity index (χ4v) is 4.20. The van der Waals surface area contributed by atoms with Crippen molar-refractivity contribution >= 4 is 34.0 Å². The van der Waals surface area contributed by atoms with Crippen molar-refractivity contribution < 1.29 is 4.79 Å². The summed E-state index contributed by atoms with van der Waals surface area (Å²) in [6.45, 7) is 2.16. The lowest BCUT2D eigenvalue weighted by atomic mass is 9.95. The van der Waals surface area contributed by atoms with Crippen LogP contribution in [0.5, 0.6) is 0 Å². The van der Waals surface area contributed by atoms with Gasteiger partial charge < -0.3 is 0 Å². The second-order valence-corrected chi connectivity index (χ2v) is 7.81. The molecule has 0 fully saturated rings. The van der Waals surface area contributed by atoms with Gasteiger partial charge in [0, 0.05) is 23.1 Å². The molecule has 0 radical (unpaired) electrons. The predicted molar refractivity (Wildman–Crippen MR) is 125 cm³/mol. The molecule has 4 rings (SSSR count). The summed E-state index contributed by atoms with van der Waals surface area (Å²) in [5.41, 5.74) is 2.86. The van der Waals surface area contributed by atoms with Crippen molar-refractivity contribution in [2.75, 3.05) is 5.32 Å². The molecular weight excluding hydrogens is 432 g/mol. The van der Waals surface area contributed by atoms with Crippen LogP contribution >= 0.6 is 22.9 Å². The molecule has 0 aliphatic carbocycles. The molecule has 6 nitrogen and oxygen atoms in total. The topological polar surface area (TPSA) is 76.9 Å². The molecule has 31 heavy (non-hydrogen) atoms. The van der Waals surface area contributed by atoms with E-state index >= 15 is 0 Å². The Labute approximate surface area is 188 Å². The van der Waals surface area contributed by atoms with Crippen LogP contribution in [0.15, 0.2) is 70.8 Å². The minimum Gasteiger partial charge on any atom is -0.298 e. The Morgan fingerprint density at radius 1 is 1.06 bits per heavy atom. The van der Waals surface area contributed by atoms with Crippen LogP contribution in [0.25, 0.3) is 22.4 Å². The van der Waals surface area contributed by atoms with E-state index in [9.17, 15) is 9.59 Å². The van der Waals surface area contributed by atoms with Crippen molar-refractivity contribution in [3.63, 3.8) is 0 Å². The zero-order chi connectivity index (χ0) is 21.8. The summed E-state index contributed by atoms with van der Waals surface area (Å²) < 4.78 is 1.32. The van der Waals surface area contributed by atoms with Gasteiger partial charge in [0.05, 0.1) is 17.3 Å². The van der Waals surface area contributed by atoms with E-state index in [1.54, 1.807) is 5.38 Å². The molecule has 156 valence electrons. The molecule has 8 heteroatoms. The van der Waals surface area contributed by atoms with E-state index in [2.05, 4.69) is 15.4 Å². The van der Waals surface area contributed by atoms with Crippen molar-refractivity contribution in [1.29, 1.82) is 0 Å². The van der Waals surface area contributed by atoms with Gasteiger partial charge in [-0.3, -0.25) is 14.9 Å². The SMILES string of the molecule is CCn1nc(-c2ccccc2)c(-c2ccccc2)c(C(=O)Nc2nc(CCl)cs2)c1=O. The lowest BCUT2D eigenvalue weighted by Gasteiger charge is -2.16. The number of benzene rings is 2. The number of nitrogens with zero attached hydrogens (tertiary/aromatic N) is 3. The van der Waals surface area contributed by atoms with E-state index in [4.69, 9.17) is 11.6 Å². The number of thiazole rings is 1. The largest absolute Gasteiger partial charge is 0.298 e. The molecule has 4 aromatic rings. The molecule has 0 atom stereocenters. The van der Waals surface area contributed by atoms with Gasteiger partial charge in [-0.1, -0.05) is 60.7 Å². The quantitative estimate of drug-likeness (QED) is 0.417. The maximum absolute atomic E-state index is 13.4. The number of amides is 1. The maximum atomic E-state index is 13.4. The fraction of sp³-hybridized carbons (Fsp3) is 0.130. The monoisotopic (exact) mass is 450 g/mol. The number of aromatic nitrogens is 3. The zero-order valence-electron chi connectivity index (χ0n) is 16.7. The molecule has 2 aromatic heterocycles. The van der Waals surface area contributed by atoms with E-state index in [-0.39, 0.29) is 11.4 Å². The lowest BCUT2D eigenvalue weighted by molar-refractivity contribution is 0.102. The summed E-state index contributed by atoms with van der Waals surface area (Å²) in [6, 6.07) is 18.9. The first-order valence-electron chi connectivity index (χ1n) is 9.70. The van der Waals surface area contributed by atoms with Crippen LogP contribution in [-0.4, -0.2) is 20.7 Å². The van der Waals surface area contributed by atoms with E-state index in [0.717, 1.165) is 11.1 Å². The molecular formula is C23H19ClN4O2S. The van der Waals surface area contributed by atoms with Gasteiger partial charge in [0.2, 0.25) is 0 Å². The number of hydrogen-bond donors (Lipinski definition) is 1. The van der Waals surface area contributed by atoms with Crippen LogP contribution in [0.3, 0.4) is 0 Å². The van der Waals surface area contributed by atoms with Crippen molar-refractivity contribution in [3.05, 3.63) is 87.7 Å². The highest BCUT2D eigenvalue weighted by Crippen LogP contribution is 2.32. The molecule has 0 unspecified atom stereocenters. The summed E-state index contributed by atoms with van der Waals surface area (Å²) in [6.07, 6.45) is 0. The van der Waals surface area contributed by atoms with E-state index in [1.165, 1.54) is 16.0 Å².